The number of sulfonamides is 1. The molecule has 2 aromatic rings. The smallest absolute Gasteiger partial charge is 0.338 e. The van der Waals surface area contributed by atoms with E-state index in [2.05, 4.69) is 5.32 Å². The Morgan fingerprint density at radius 1 is 1.07 bits per heavy atom. The van der Waals surface area contributed by atoms with Gasteiger partial charge in [0.15, 0.2) is 6.10 Å². The van der Waals surface area contributed by atoms with Crippen LogP contribution in [0.2, 0.25) is 10.0 Å². The molecule has 2 rings (SSSR count). The maximum atomic E-state index is 12.2. The van der Waals surface area contributed by atoms with Crippen LogP contribution in [0.15, 0.2) is 47.4 Å². The fourth-order valence-electron chi connectivity index (χ4n) is 2.09. The van der Waals surface area contributed by atoms with E-state index < -0.39 is 28.0 Å². The molecule has 0 aromatic heterocycles. The van der Waals surface area contributed by atoms with Crippen LogP contribution in [0.4, 0.5) is 5.69 Å². The number of nitrogens with one attached hydrogen (secondary N) is 1. The molecule has 0 bridgehead atoms. The Kier molecular flexibility index (Phi) is 7.06. The van der Waals surface area contributed by atoms with Crippen LogP contribution < -0.4 is 5.32 Å². The number of hydrogen-bond donors (Lipinski definition) is 1. The summed E-state index contributed by atoms with van der Waals surface area (Å²) in [5.41, 5.74) is 0.401. The first kappa shape index (κ1) is 22.2. The topological polar surface area (TPSA) is 92.8 Å². The Morgan fingerprint density at radius 2 is 1.68 bits per heavy atom. The maximum absolute atomic E-state index is 12.2. The second-order valence-corrected chi connectivity index (χ2v) is 8.89. The van der Waals surface area contributed by atoms with Crippen molar-refractivity contribution in [3.8, 4) is 0 Å². The second-order valence-electron chi connectivity index (χ2n) is 5.95. The van der Waals surface area contributed by atoms with Gasteiger partial charge >= 0.3 is 5.97 Å². The molecule has 2 aromatic carbocycles. The molecule has 0 aliphatic carbocycles. The first-order valence-electron chi connectivity index (χ1n) is 8.02. The van der Waals surface area contributed by atoms with Gasteiger partial charge in [-0.2, -0.15) is 0 Å². The molecule has 1 atom stereocenters. The zero-order chi connectivity index (χ0) is 21.1. The van der Waals surface area contributed by atoms with Crippen molar-refractivity contribution in [2.75, 3.05) is 19.4 Å². The van der Waals surface area contributed by atoms with Crippen LogP contribution in [0.3, 0.4) is 0 Å². The predicted molar refractivity (Wildman–Crippen MR) is 107 cm³/mol. The number of amides is 1. The first-order valence-corrected chi connectivity index (χ1v) is 10.2. The van der Waals surface area contributed by atoms with Crippen molar-refractivity contribution >= 4 is 50.8 Å². The van der Waals surface area contributed by atoms with Crippen LogP contribution in [0.5, 0.6) is 0 Å². The molecule has 0 aliphatic heterocycles. The molecule has 10 heteroatoms. The Labute approximate surface area is 173 Å². The van der Waals surface area contributed by atoms with Gasteiger partial charge in [0.05, 0.1) is 26.2 Å². The van der Waals surface area contributed by atoms with Crippen LogP contribution in [-0.4, -0.2) is 44.8 Å². The Bertz CT molecular complexity index is 992. The van der Waals surface area contributed by atoms with Gasteiger partial charge in [0, 0.05) is 14.1 Å². The Hall–Kier alpha value is -2.13. The zero-order valence-corrected chi connectivity index (χ0v) is 17.6. The van der Waals surface area contributed by atoms with E-state index >= 15 is 0 Å². The van der Waals surface area contributed by atoms with Crippen LogP contribution in [-0.2, 0) is 19.6 Å². The van der Waals surface area contributed by atoms with Crippen molar-refractivity contribution in [1.82, 2.24) is 4.31 Å². The minimum Gasteiger partial charge on any atom is -0.449 e. The standard InChI is InChI=1S/C18H18Cl2N2O5S/c1-11(17(23)21-15-6-4-5-14(19)16(15)20)27-18(24)12-7-9-13(10-8-12)28(25,26)22(2)3/h4-11H,1-3H3,(H,21,23)/t11-/m0/s1. The highest BCUT2D eigenvalue weighted by Crippen LogP contribution is 2.29. The number of ether oxygens (including phenoxy) is 1. The number of rotatable bonds is 6. The average Bonchev–Trinajstić information content (AvgIpc) is 2.65. The number of carbonyl (C=O) groups excluding carboxylic acids is 2. The number of nitrogens with zero attached hydrogens (tertiary/aromatic N) is 1. The fraction of sp³-hybridized carbons (Fsp3) is 0.222. The minimum atomic E-state index is -3.60. The molecule has 0 spiro atoms. The van der Waals surface area contributed by atoms with E-state index in [0.717, 1.165) is 4.31 Å². The third kappa shape index (κ3) is 5.02. The van der Waals surface area contributed by atoms with Gasteiger partial charge in [-0.25, -0.2) is 17.5 Å². The summed E-state index contributed by atoms with van der Waals surface area (Å²) in [4.78, 5) is 24.5. The minimum absolute atomic E-state index is 0.0374. The normalized spacial score (nSPS) is 12.5. The SMILES string of the molecule is C[C@H](OC(=O)c1ccc(S(=O)(=O)N(C)C)cc1)C(=O)Nc1cccc(Cl)c1Cl. The molecule has 150 valence electrons. The molecule has 28 heavy (non-hydrogen) atoms. The molecule has 0 heterocycles. The number of anilines is 1. The van der Waals surface area contributed by atoms with Crippen molar-refractivity contribution in [2.45, 2.75) is 17.9 Å². The summed E-state index contributed by atoms with van der Waals surface area (Å²) in [6.45, 7) is 1.40. The molecule has 0 unspecified atom stereocenters. The van der Waals surface area contributed by atoms with Gasteiger partial charge in [-0.1, -0.05) is 29.3 Å². The van der Waals surface area contributed by atoms with Crippen molar-refractivity contribution in [3.05, 3.63) is 58.1 Å². The lowest BCUT2D eigenvalue weighted by Crippen LogP contribution is -2.30. The molecule has 1 amide bonds. The van der Waals surface area contributed by atoms with Crippen LogP contribution >= 0.6 is 23.2 Å². The third-order valence-corrected chi connectivity index (χ3v) is 6.38. The lowest BCUT2D eigenvalue weighted by atomic mass is 10.2. The molecular formula is C18H18Cl2N2O5S. The summed E-state index contributed by atoms with van der Waals surface area (Å²) in [6, 6.07) is 9.97. The molecule has 0 radical (unpaired) electrons. The monoisotopic (exact) mass is 444 g/mol. The summed E-state index contributed by atoms with van der Waals surface area (Å²) < 4.78 is 30.3. The predicted octanol–water partition coefficient (Wildman–Crippen LogP) is 3.43. The number of esters is 1. The van der Waals surface area contributed by atoms with Crippen molar-refractivity contribution in [2.24, 2.45) is 0 Å². The first-order chi connectivity index (χ1) is 13.0. The highest BCUT2D eigenvalue weighted by molar-refractivity contribution is 7.89. The fourth-order valence-corrected chi connectivity index (χ4v) is 3.34. The van der Waals surface area contributed by atoms with E-state index in [0.29, 0.717) is 5.69 Å². The highest BCUT2D eigenvalue weighted by Gasteiger charge is 2.22. The van der Waals surface area contributed by atoms with Gasteiger partial charge in [0.1, 0.15) is 0 Å². The largest absolute Gasteiger partial charge is 0.449 e. The van der Waals surface area contributed by atoms with Crippen molar-refractivity contribution in [3.63, 3.8) is 0 Å². The number of carbonyl (C=O) groups is 2. The number of halogens is 2. The molecule has 0 fully saturated rings. The van der Waals surface area contributed by atoms with Crippen molar-refractivity contribution in [1.29, 1.82) is 0 Å². The number of benzene rings is 2. The Morgan fingerprint density at radius 3 is 2.25 bits per heavy atom. The van der Waals surface area contributed by atoms with Gasteiger partial charge < -0.3 is 10.1 Å². The summed E-state index contributed by atoms with van der Waals surface area (Å²) >= 11 is 11.9. The summed E-state index contributed by atoms with van der Waals surface area (Å²) in [6.07, 6.45) is -1.12. The van der Waals surface area contributed by atoms with Crippen LogP contribution in [0, 0.1) is 0 Å². The second kappa shape index (κ2) is 8.91. The molecule has 1 N–H and O–H groups in total. The van der Waals surface area contributed by atoms with E-state index in [1.165, 1.54) is 45.3 Å². The van der Waals surface area contributed by atoms with Gasteiger partial charge in [-0.05, 0) is 43.3 Å². The molecule has 7 nitrogen and oxygen atoms in total. The van der Waals surface area contributed by atoms with E-state index in [1.807, 2.05) is 0 Å². The van der Waals surface area contributed by atoms with Gasteiger partial charge in [-0.3, -0.25) is 4.79 Å². The van der Waals surface area contributed by atoms with E-state index in [4.69, 9.17) is 27.9 Å². The van der Waals surface area contributed by atoms with Crippen LogP contribution in [0.25, 0.3) is 0 Å². The van der Waals surface area contributed by atoms with Gasteiger partial charge in [0.25, 0.3) is 5.91 Å². The highest BCUT2D eigenvalue weighted by atomic mass is 35.5. The van der Waals surface area contributed by atoms with Gasteiger partial charge in [-0.15, -0.1) is 0 Å². The average molecular weight is 445 g/mol. The van der Waals surface area contributed by atoms with E-state index in [1.54, 1.807) is 18.2 Å². The lowest BCUT2D eigenvalue weighted by Gasteiger charge is -2.15. The number of hydrogen-bond acceptors (Lipinski definition) is 5. The van der Waals surface area contributed by atoms with E-state index in [9.17, 15) is 18.0 Å². The van der Waals surface area contributed by atoms with Gasteiger partial charge in [0.2, 0.25) is 10.0 Å². The maximum Gasteiger partial charge on any atom is 0.338 e. The molecule has 0 aliphatic rings. The van der Waals surface area contributed by atoms with E-state index in [-0.39, 0.29) is 20.5 Å². The quantitative estimate of drug-likeness (QED) is 0.688. The molecule has 0 saturated carbocycles. The molecular weight excluding hydrogens is 427 g/mol. The Balaban J connectivity index is 2.05. The molecule has 0 saturated heterocycles. The van der Waals surface area contributed by atoms with Crippen LogP contribution in [0.1, 0.15) is 17.3 Å². The zero-order valence-electron chi connectivity index (χ0n) is 15.3. The summed E-state index contributed by atoms with van der Waals surface area (Å²) in [5, 5.41) is 2.98. The third-order valence-electron chi connectivity index (χ3n) is 3.73. The summed E-state index contributed by atoms with van der Waals surface area (Å²) in [7, 11) is -0.791. The van der Waals surface area contributed by atoms with Crippen molar-refractivity contribution < 1.29 is 22.7 Å². The summed E-state index contributed by atoms with van der Waals surface area (Å²) in [5.74, 6) is -1.36. The lowest BCUT2D eigenvalue weighted by molar-refractivity contribution is -0.123.